The molecule has 6 nitrogen and oxygen atoms in total. The molecule has 3 rings (SSSR count). The van der Waals surface area contributed by atoms with Gasteiger partial charge in [0.15, 0.2) is 0 Å². The number of hydrogen-bond donors (Lipinski definition) is 2. The fourth-order valence-electron chi connectivity index (χ4n) is 2.62. The summed E-state index contributed by atoms with van der Waals surface area (Å²) in [5, 5.41) is 8.79. The van der Waals surface area contributed by atoms with Crippen LogP contribution in [0.4, 0.5) is 0 Å². The van der Waals surface area contributed by atoms with E-state index in [4.69, 9.17) is 16.3 Å². The summed E-state index contributed by atoms with van der Waals surface area (Å²) in [6, 6.07) is 13.9. The van der Waals surface area contributed by atoms with Crippen LogP contribution in [0.3, 0.4) is 0 Å². The lowest BCUT2D eigenvalue weighted by molar-refractivity contribution is -0.117. The van der Waals surface area contributed by atoms with Crippen LogP contribution in [0.15, 0.2) is 73.7 Å². The van der Waals surface area contributed by atoms with Gasteiger partial charge in [-0.2, -0.15) is 5.10 Å². The van der Waals surface area contributed by atoms with Gasteiger partial charge < -0.3 is 10.1 Å². The third-order valence-corrected chi connectivity index (χ3v) is 6.25. The number of carbonyl (C=O) groups is 2. The van der Waals surface area contributed by atoms with E-state index >= 15 is 0 Å². The fraction of sp³-hybridized carbons (Fsp3) is 0.0455. The number of nitrogens with zero attached hydrogens (tertiary/aromatic N) is 1. The topological polar surface area (TPSA) is 79.8 Å². The molecule has 0 saturated heterocycles. The zero-order valence-corrected chi connectivity index (χ0v) is 21.3. The van der Waals surface area contributed by atoms with Crippen molar-refractivity contribution in [2.45, 2.75) is 0 Å². The van der Waals surface area contributed by atoms with Crippen molar-refractivity contribution in [2.24, 2.45) is 5.10 Å². The standard InChI is InChI=1S/C22H16Br2ClN3O3S/c1-31-20-13(9-14(23)10-17(20)24)12-26-28-22(30)19(11-15-5-4-8-32-15)27-21(29)16-6-2-3-7-18(16)25/h2-12H,1H3,(H,27,29)(H,28,30)/b19-11+,26-12?. The Balaban J connectivity index is 1.82. The molecule has 0 aliphatic heterocycles. The zero-order valence-electron chi connectivity index (χ0n) is 16.6. The second kappa shape index (κ2) is 11.4. The molecule has 0 saturated carbocycles. The Morgan fingerprint density at radius 3 is 2.62 bits per heavy atom. The molecule has 3 aromatic rings. The zero-order chi connectivity index (χ0) is 23.1. The summed E-state index contributed by atoms with van der Waals surface area (Å²) in [5.74, 6) is -0.536. The minimum Gasteiger partial charge on any atom is -0.495 e. The van der Waals surface area contributed by atoms with E-state index in [0.29, 0.717) is 11.3 Å². The van der Waals surface area contributed by atoms with Gasteiger partial charge in [0.2, 0.25) is 0 Å². The number of amides is 2. The van der Waals surface area contributed by atoms with Gasteiger partial charge in [0.1, 0.15) is 11.4 Å². The van der Waals surface area contributed by atoms with Gasteiger partial charge in [0.25, 0.3) is 11.8 Å². The minimum atomic E-state index is -0.594. The normalized spacial score (nSPS) is 11.4. The molecule has 2 amide bonds. The molecule has 0 atom stereocenters. The Kier molecular flexibility index (Phi) is 8.63. The van der Waals surface area contributed by atoms with Crippen molar-refractivity contribution in [3.8, 4) is 5.75 Å². The molecule has 0 aliphatic rings. The molecule has 1 aromatic heterocycles. The Hall–Kier alpha value is -2.46. The van der Waals surface area contributed by atoms with Crippen LogP contribution in [0.5, 0.6) is 5.75 Å². The van der Waals surface area contributed by atoms with Gasteiger partial charge >= 0.3 is 0 Å². The van der Waals surface area contributed by atoms with Crippen LogP contribution in [-0.2, 0) is 4.79 Å². The smallest absolute Gasteiger partial charge is 0.287 e. The SMILES string of the molecule is COc1c(Br)cc(Br)cc1C=NNC(=O)/C(=C\c1cccs1)NC(=O)c1ccccc1Cl. The van der Waals surface area contributed by atoms with Crippen LogP contribution < -0.4 is 15.5 Å². The van der Waals surface area contributed by atoms with Crippen molar-refractivity contribution in [1.82, 2.24) is 10.7 Å². The van der Waals surface area contributed by atoms with E-state index in [0.717, 1.165) is 13.8 Å². The molecular formula is C22H16Br2ClN3O3S. The van der Waals surface area contributed by atoms with Crippen LogP contribution in [0.2, 0.25) is 5.02 Å². The monoisotopic (exact) mass is 595 g/mol. The number of benzene rings is 2. The van der Waals surface area contributed by atoms with Gasteiger partial charge in [0, 0.05) is 14.9 Å². The number of hydrogen-bond acceptors (Lipinski definition) is 5. The van der Waals surface area contributed by atoms with E-state index in [2.05, 4.69) is 47.7 Å². The van der Waals surface area contributed by atoms with Crippen LogP contribution in [0.25, 0.3) is 6.08 Å². The summed E-state index contributed by atoms with van der Waals surface area (Å²) in [6.45, 7) is 0. The minimum absolute atomic E-state index is 0.0249. The molecular weight excluding hydrogens is 582 g/mol. The highest BCUT2D eigenvalue weighted by Gasteiger charge is 2.16. The highest BCUT2D eigenvalue weighted by atomic mass is 79.9. The van der Waals surface area contributed by atoms with E-state index in [1.807, 2.05) is 23.6 Å². The Morgan fingerprint density at radius 1 is 1.16 bits per heavy atom. The van der Waals surface area contributed by atoms with Crippen molar-refractivity contribution < 1.29 is 14.3 Å². The maximum atomic E-state index is 12.8. The maximum absolute atomic E-state index is 12.8. The summed E-state index contributed by atoms with van der Waals surface area (Å²) in [5.41, 5.74) is 3.36. The van der Waals surface area contributed by atoms with Crippen LogP contribution in [-0.4, -0.2) is 25.1 Å². The predicted octanol–water partition coefficient (Wildman–Crippen LogP) is 5.86. The number of halogens is 3. The van der Waals surface area contributed by atoms with E-state index in [9.17, 15) is 9.59 Å². The molecule has 0 spiro atoms. The Bertz CT molecular complexity index is 1200. The lowest BCUT2D eigenvalue weighted by Gasteiger charge is -2.10. The number of hydrazone groups is 1. The van der Waals surface area contributed by atoms with Crippen molar-refractivity contribution >= 4 is 78.9 Å². The number of rotatable bonds is 7. The van der Waals surface area contributed by atoms with Crippen LogP contribution in [0, 0.1) is 0 Å². The van der Waals surface area contributed by atoms with E-state index < -0.39 is 11.8 Å². The Labute approximate surface area is 210 Å². The average Bonchev–Trinajstić information content (AvgIpc) is 3.26. The largest absolute Gasteiger partial charge is 0.495 e. The fourth-order valence-corrected chi connectivity index (χ4v) is 4.92. The first kappa shape index (κ1) is 24.2. The number of methoxy groups -OCH3 is 1. The molecule has 10 heteroatoms. The van der Waals surface area contributed by atoms with Gasteiger partial charge in [-0.3, -0.25) is 9.59 Å². The average molecular weight is 598 g/mol. The first-order chi connectivity index (χ1) is 15.4. The molecule has 0 radical (unpaired) electrons. The number of thiophene rings is 1. The van der Waals surface area contributed by atoms with Crippen molar-refractivity contribution in [3.05, 3.63) is 89.6 Å². The maximum Gasteiger partial charge on any atom is 0.287 e. The van der Waals surface area contributed by atoms with Crippen molar-refractivity contribution in [1.29, 1.82) is 0 Å². The number of ether oxygens (including phenoxy) is 1. The summed E-state index contributed by atoms with van der Waals surface area (Å²) in [6.07, 6.45) is 3.02. The molecule has 0 aliphatic carbocycles. The molecule has 0 fully saturated rings. The summed E-state index contributed by atoms with van der Waals surface area (Å²) < 4.78 is 6.91. The molecule has 164 valence electrons. The van der Waals surface area contributed by atoms with E-state index in [1.54, 1.807) is 36.4 Å². The second-order valence-corrected chi connectivity index (χ2v) is 9.37. The predicted molar refractivity (Wildman–Crippen MR) is 135 cm³/mol. The number of carbonyl (C=O) groups excluding carboxylic acids is 2. The molecule has 2 N–H and O–H groups in total. The van der Waals surface area contributed by atoms with Gasteiger partial charge in [-0.1, -0.05) is 45.7 Å². The lowest BCUT2D eigenvalue weighted by atomic mass is 10.2. The summed E-state index contributed by atoms with van der Waals surface area (Å²) >= 11 is 14.4. The first-order valence-corrected chi connectivity index (χ1v) is 11.9. The molecule has 0 bridgehead atoms. The highest BCUT2D eigenvalue weighted by molar-refractivity contribution is 9.11. The molecule has 32 heavy (non-hydrogen) atoms. The molecule has 2 aromatic carbocycles. The lowest BCUT2D eigenvalue weighted by Crippen LogP contribution is -2.33. The second-order valence-electron chi connectivity index (χ2n) is 6.22. The van der Waals surface area contributed by atoms with Crippen molar-refractivity contribution in [3.63, 3.8) is 0 Å². The van der Waals surface area contributed by atoms with E-state index in [1.165, 1.54) is 24.7 Å². The molecule has 1 heterocycles. The first-order valence-electron chi connectivity index (χ1n) is 9.06. The summed E-state index contributed by atoms with van der Waals surface area (Å²) in [4.78, 5) is 26.3. The number of nitrogens with one attached hydrogen (secondary N) is 2. The highest BCUT2D eigenvalue weighted by Crippen LogP contribution is 2.31. The Morgan fingerprint density at radius 2 is 1.94 bits per heavy atom. The van der Waals surface area contributed by atoms with Gasteiger partial charge in [-0.25, -0.2) is 5.43 Å². The van der Waals surface area contributed by atoms with Crippen LogP contribution >= 0.6 is 54.8 Å². The van der Waals surface area contributed by atoms with Crippen LogP contribution in [0.1, 0.15) is 20.8 Å². The quantitative estimate of drug-likeness (QED) is 0.204. The third-order valence-electron chi connectivity index (χ3n) is 4.05. The van der Waals surface area contributed by atoms with Crippen molar-refractivity contribution in [2.75, 3.05) is 7.11 Å². The molecule has 0 unspecified atom stereocenters. The van der Waals surface area contributed by atoms with Gasteiger partial charge in [-0.15, -0.1) is 11.3 Å². The van der Waals surface area contributed by atoms with Gasteiger partial charge in [0.05, 0.1) is 28.4 Å². The summed E-state index contributed by atoms with van der Waals surface area (Å²) in [7, 11) is 1.54. The van der Waals surface area contributed by atoms with E-state index in [-0.39, 0.29) is 16.3 Å². The third kappa shape index (κ3) is 6.29. The van der Waals surface area contributed by atoms with Gasteiger partial charge in [-0.05, 0) is 57.7 Å².